The van der Waals surface area contributed by atoms with Crippen molar-refractivity contribution in [1.82, 2.24) is 14.9 Å². The molecular formula is C21H24N4O4S2. The first-order valence-corrected chi connectivity index (χ1v) is 11.9. The molecular weight excluding hydrogens is 436 g/mol. The van der Waals surface area contributed by atoms with Gasteiger partial charge in [-0.1, -0.05) is 35.1 Å². The van der Waals surface area contributed by atoms with Gasteiger partial charge in [-0.25, -0.2) is 13.1 Å². The number of benzene rings is 2. The van der Waals surface area contributed by atoms with Crippen molar-refractivity contribution in [3.63, 3.8) is 0 Å². The Bertz CT molecular complexity index is 1190. The van der Waals surface area contributed by atoms with E-state index in [1.165, 1.54) is 0 Å². The summed E-state index contributed by atoms with van der Waals surface area (Å²) in [5.74, 6) is 0.290. The Morgan fingerprint density at radius 1 is 1.10 bits per heavy atom. The van der Waals surface area contributed by atoms with Crippen LogP contribution in [0, 0.1) is 20.8 Å². The number of ether oxygens (including phenoxy) is 1. The Morgan fingerprint density at radius 3 is 2.58 bits per heavy atom. The summed E-state index contributed by atoms with van der Waals surface area (Å²) in [5, 5.41) is 10.2. The normalized spacial score (nSPS) is 12.4. The van der Waals surface area contributed by atoms with Crippen molar-refractivity contribution in [3.05, 3.63) is 64.7 Å². The third-order valence-electron chi connectivity index (χ3n) is 4.47. The van der Waals surface area contributed by atoms with Crippen LogP contribution in [-0.4, -0.2) is 37.2 Å². The lowest BCUT2D eigenvalue weighted by molar-refractivity contribution is 0.102. The predicted molar refractivity (Wildman–Crippen MR) is 120 cm³/mol. The number of rotatable bonds is 8. The van der Waals surface area contributed by atoms with E-state index < -0.39 is 16.1 Å². The predicted octanol–water partition coefficient (Wildman–Crippen LogP) is 3.46. The van der Waals surface area contributed by atoms with Gasteiger partial charge in [0, 0.05) is 5.56 Å². The first-order chi connectivity index (χ1) is 14.6. The number of carbonyl (C=O) groups excluding carboxylic acids is 1. The van der Waals surface area contributed by atoms with E-state index in [0.29, 0.717) is 11.3 Å². The molecule has 3 rings (SSSR count). The minimum atomic E-state index is -3.90. The summed E-state index contributed by atoms with van der Waals surface area (Å²) in [5.41, 5.74) is 3.65. The quantitative estimate of drug-likeness (QED) is 0.498. The van der Waals surface area contributed by atoms with Crippen LogP contribution in [0.25, 0.3) is 0 Å². The van der Waals surface area contributed by atoms with Gasteiger partial charge in [-0.2, -0.15) is 0 Å². The summed E-state index contributed by atoms with van der Waals surface area (Å²) in [6.07, 6.45) is 0. The average molecular weight is 461 g/mol. The molecule has 0 aliphatic rings. The molecule has 164 valence electrons. The number of amides is 1. The van der Waals surface area contributed by atoms with Crippen molar-refractivity contribution in [2.45, 2.75) is 38.1 Å². The number of carbonyl (C=O) groups is 1. The van der Waals surface area contributed by atoms with Gasteiger partial charge in [0.2, 0.25) is 9.47 Å². The van der Waals surface area contributed by atoms with Crippen LogP contribution >= 0.6 is 11.3 Å². The highest BCUT2D eigenvalue weighted by atomic mass is 32.2. The smallest absolute Gasteiger partial charge is 0.270 e. The van der Waals surface area contributed by atoms with Crippen molar-refractivity contribution >= 4 is 32.4 Å². The molecule has 1 aromatic heterocycles. The Morgan fingerprint density at radius 2 is 1.87 bits per heavy atom. The van der Waals surface area contributed by atoms with Crippen LogP contribution in [0.3, 0.4) is 0 Å². The zero-order valence-electron chi connectivity index (χ0n) is 17.7. The van der Waals surface area contributed by atoms with E-state index in [9.17, 15) is 13.2 Å². The van der Waals surface area contributed by atoms with E-state index in [1.807, 2.05) is 45.0 Å². The standard InChI is InChI=1S/C21H24N4O4S2/c1-13-6-5-7-17(10-13)19(26)22-20-23-24-21(30-20)31(27,28)25-16(4)12-29-18-9-8-14(2)15(3)11-18/h5-11,16,25H,12H2,1-4H3,(H,22,23,26)/t16-/m0/s1. The lowest BCUT2D eigenvalue weighted by atomic mass is 10.1. The van der Waals surface area contributed by atoms with Crippen LogP contribution in [0.4, 0.5) is 5.13 Å². The van der Waals surface area contributed by atoms with E-state index in [4.69, 9.17) is 4.74 Å². The third kappa shape index (κ3) is 6.09. The van der Waals surface area contributed by atoms with Gasteiger partial charge in [0.25, 0.3) is 15.9 Å². The molecule has 0 bridgehead atoms. The topological polar surface area (TPSA) is 110 Å². The number of anilines is 1. The number of nitrogens with one attached hydrogen (secondary N) is 2. The highest BCUT2D eigenvalue weighted by molar-refractivity contribution is 7.91. The van der Waals surface area contributed by atoms with Crippen molar-refractivity contribution < 1.29 is 17.9 Å². The van der Waals surface area contributed by atoms with Crippen LogP contribution < -0.4 is 14.8 Å². The van der Waals surface area contributed by atoms with Crippen LogP contribution in [0.5, 0.6) is 5.75 Å². The molecule has 3 aromatic rings. The maximum atomic E-state index is 12.6. The Labute approximate surface area is 185 Å². The molecule has 0 radical (unpaired) electrons. The van der Waals surface area contributed by atoms with E-state index >= 15 is 0 Å². The minimum absolute atomic E-state index is 0.103. The summed E-state index contributed by atoms with van der Waals surface area (Å²) in [6.45, 7) is 7.72. The van der Waals surface area contributed by atoms with Gasteiger partial charge in [0.1, 0.15) is 12.4 Å². The molecule has 0 aliphatic carbocycles. The summed E-state index contributed by atoms with van der Waals surface area (Å²) in [4.78, 5) is 12.3. The molecule has 0 spiro atoms. The molecule has 31 heavy (non-hydrogen) atoms. The Balaban J connectivity index is 1.59. The Hall–Kier alpha value is -2.82. The second kappa shape index (κ2) is 9.54. The zero-order valence-corrected chi connectivity index (χ0v) is 19.3. The molecule has 1 amide bonds. The second-order valence-corrected chi connectivity index (χ2v) is 10.1. The number of hydrogen-bond donors (Lipinski definition) is 2. The van der Waals surface area contributed by atoms with E-state index in [0.717, 1.165) is 28.0 Å². The molecule has 0 saturated heterocycles. The van der Waals surface area contributed by atoms with Crippen molar-refractivity contribution in [2.24, 2.45) is 0 Å². The molecule has 10 heteroatoms. The van der Waals surface area contributed by atoms with Crippen LogP contribution in [0.1, 0.15) is 34.0 Å². The average Bonchev–Trinajstić information content (AvgIpc) is 3.18. The van der Waals surface area contributed by atoms with Gasteiger partial charge in [-0.05, 0) is 63.1 Å². The number of hydrogen-bond acceptors (Lipinski definition) is 7. The molecule has 8 nitrogen and oxygen atoms in total. The zero-order chi connectivity index (χ0) is 22.6. The number of aromatic nitrogens is 2. The van der Waals surface area contributed by atoms with Gasteiger partial charge in [-0.15, -0.1) is 10.2 Å². The van der Waals surface area contributed by atoms with E-state index in [1.54, 1.807) is 25.1 Å². The fraction of sp³-hybridized carbons (Fsp3) is 0.286. The lowest BCUT2D eigenvalue weighted by Gasteiger charge is -2.14. The fourth-order valence-corrected chi connectivity index (χ4v) is 4.84. The second-order valence-electron chi connectivity index (χ2n) is 7.28. The third-order valence-corrected chi connectivity index (χ3v) is 7.27. The van der Waals surface area contributed by atoms with Crippen LogP contribution in [-0.2, 0) is 10.0 Å². The minimum Gasteiger partial charge on any atom is -0.492 e. The van der Waals surface area contributed by atoms with Gasteiger partial charge < -0.3 is 4.74 Å². The van der Waals surface area contributed by atoms with E-state index in [-0.39, 0.29) is 22.0 Å². The first kappa shape index (κ1) is 22.9. The SMILES string of the molecule is Cc1cccc(C(=O)Nc2nnc(S(=O)(=O)N[C@@H](C)COc3ccc(C)c(C)c3)s2)c1. The molecule has 2 N–H and O–H groups in total. The van der Waals surface area contributed by atoms with Crippen molar-refractivity contribution in [2.75, 3.05) is 11.9 Å². The van der Waals surface area contributed by atoms with Gasteiger partial charge in [0.05, 0.1) is 6.04 Å². The number of aryl methyl sites for hydroxylation is 3. The summed E-state index contributed by atoms with van der Waals surface area (Å²) in [6, 6.07) is 12.2. The highest BCUT2D eigenvalue weighted by Gasteiger charge is 2.23. The van der Waals surface area contributed by atoms with Gasteiger partial charge in [0.15, 0.2) is 0 Å². The maximum absolute atomic E-state index is 12.6. The van der Waals surface area contributed by atoms with Crippen molar-refractivity contribution in [3.8, 4) is 5.75 Å². The summed E-state index contributed by atoms with van der Waals surface area (Å²) < 4.78 is 33.2. The molecule has 2 aromatic carbocycles. The molecule has 1 heterocycles. The van der Waals surface area contributed by atoms with E-state index in [2.05, 4.69) is 20.2 Å². The molecule has 0 unspecified atom stereocenters. The van der Waals surface area contributed by atoms with Crippen LogP contribution in [0.2, 0.25) is 0 Å². The number of sulfonamides is 1. The van der Waals surface area contributed by atoms with Gasteiger partial charge >= 0.3 is 0 Å². The Kier molecular flexibility index (Phi) is 7.04. The lowest BCUT2D eigenvalue weighted by Crippen LogP contribution is -2.36. The summed E-state index contributed by atoms with van der Waals surface area (Å²) >= 11 is 0.782. The van der Waals surface area contributed by atoms with Gasteiger partial charge in [-0.3, -0.25) is 10.1 Å². The first-order valence-electron chi connectivity index (χ1n) is 9.58. The highest BCUT2D eigenvalue weighted by Crippen LogP contribution is 2.21. The monoisotopic (exact) mass is 460 g/mol. The van der Waals surface area contributed by atoms with Crippen LogP contribution in [0.15, 0.2) is 46.8 Å². The molecule has 1 atom stereocenters. The largest absolute Gasteiger partial charge is 0.492 e. The summed E-state index contributed by atoms with van der Waals surface area (Å²) in [7, 11) is -3.90. The number of nitrogens with zero attached hydrogens (tertiary/aromatic N) is 2. The van der Waals surface area contributed by atoms with Crippen molar-refractivity contribution in [1.29, 1.82) is 0 Å². The molecule has 0 aliphatic heterocycles. The maximum Gasteiger partial charge on any atom is 0.270 e. The molecule has 0 saturated carbocycles. The fourth-order valence-electron chi connectivity index (χ4n) is 2.70. The molecule has 0 fully saturated rings.